The molecular weight excluding hydrogens is 236 g/mol. The number of anilines is 1. The zero-order valence-corrected chi connectivity index (χ0v) is 10.4. The van der Waals surface area contributed by atoms with Crippen LogP contribution in [0.5, 0.6) is 0 Å². The Balaban J connectivity index is 2.04. The van der Waals surface area contributed by atoms with Crippen LogP contribution in [0.4, 0.5) is 5.69 Å². The molecule has 2 aliphatic rings. The molecule has 0 saturated carbocycles. The summed E-state index contributed by atoms with van der Waals surface area (Å²) in [6.07, 6.45) is 1.09. The summed E-state index contributed by atoms with van der Waals surface area (Å²) in [5, 5.41) is 17.4. The Morgan fingerprint density at radius 3 is 3.12 bits per heavy atom. The van der Waals surface area contributed by atoms with Crippen LogP contribution in [0, 0.1) is 5.92 Å². The third-order valence-electron chi connectivity index (χ3n) is 4.02. The lowest BCUT2D eigenvalue weighted by atomic mass is 9.75. The molecule has 3 N–H and O–H groups in total. The molecule has 92 valence electrons. The third-order valence-corrected chi connectivity index (χ3v) is 4.33. The molecule has 0 radical (unpaired) electrons. The van der Waals surface area contributed by atoms with Gasteiger partial charge in [-0.3, -0.25) is 0 Å². The summed E-state index contributed by atoms with van der Waals surface area (Å²) < 4.78 is 0. The minimum Gasteiger partial charge on any atom is -0.396 e. The average molecular weight is 253 g/mol. The second-order valence-electron chi connectivity index (χ2n) is 4.90. The first-order chi connectivity index (χ1) is 8.31. The van der Waals surface area contributed by atoms with E-state index in [9.17, 15) is 5.11 Å². The van der Waals surface area contributed by atoms with Crippen molar-refractivity contribution >= 4 is 17.3 Å². The second kappa shape index (κ2) is 4.48. The minimum absolute atomic E-state index is 0.192. The lowest BCUT2D eigenvalue weighted by Gasteiger charge is -2.43. The Bertz CT molecular complexity index is 424. The van der Waals surface area contributed by atoms with Gasteiger partial charge in [0, 0.05) is 24.4 Å². The van der Waals surface area contributed by atoms with Gasteiger partial charge in [0.25, 0.3) is 0 Å². The SMILES string of the molecule is OCC1c2cccc(Cl)c2NC2CCNCC21. The monoisotopic (exact) mass is 252 g/mol. The van der Waals surface area contributed by atoms with E-state index in [2.05, 4.69) is 16.7 Å². The maximum Gasteiger partial charge on any atom is 0.0640 e. The van der Waals surface area contributed by atoms with Crippen molar-refractivity contribution in [2.45, 2.75) is 18.4 Å². The van der Waals surface area contributed by atoms with Gasteiger partial charge in [-0.05, 0) is 24.6 Å². The van der Waals surface area contributed by atoms with Gasteiger partial charge < -0.3 is 15.7 Å². The second-order valence-corrected chi connectivity index (χ2v) is 5.31. The van der Waals surface area contributed by atoms with Crippen molar-refractivity contribution in [3.8, 4) is 0 Å². The van der Waals surface area contributed by atoms with Crippen LogP contribution >= 0.6 is 11.6 Å². The van der Waals surface area contributed by atoms with Crippen molar-refractivity contribution in [2.24, 2.45) is 5.92 Å². The van der Waals surface area contributed by atoms with E-state index in [1.807, 2.05) is 12.1 Å². The number of halogens is 1. The quantitative estimate of drug-likeness (QED) is 0.715. The van der Waals surface area contributed by atoms with Crippen LogP contribution in [-0.4, -0.2) is 30.8 Å². The Morgan fingerprint density at radius 1 is 1.41 bits per heavy atom. The first-order valence-electron chi connectivity index (χ1n) is 6.18. The molecule has 17 heavy (non-hydrogen) atoms. The number of hydrogen-bond donors (Lipinski definition) is 3. The normalized spacial score (nSPS) is 31.3. The van der Waals surface area contributed by atoms with Crippen molar-refractivity contribution < 1.29 is 5.11 Å². The van der Waals surface area contributed by atoms with E-state index in [0.717, 1.165) is 35.8 Å². The molecule has 0 amide bonds. The molecule has 4 heteroatoms. The van der Waals surface area contributed by atoms with E-state index in [1.165, 1.54) is 0 Å². The number of hydrogen-bond acceptors (Lipinski definition) is 3. The van der Waals surface area contributed by atoms with Gasteiger partial charge in [0.05, 0.1) is 17.3 Å². The molecule has 0 aliphatic carbocycles. The molecule has 0 aromatic heterocycles. The van der Waals surface area contributed by atoms with E-state index in [-0.39, 0.29) is 12.5 Å². The number of para-hydroxylation sites is 1. The molecule has 3 atom stereocenters. The van der Waals surface area contributed by atoms with Crippen molar-refractivity contribution in [3.63, 3.8) is 0 Å². The molecular formula is C13H17ClN2O. The standard InChI is InChI=1S/C13H17ClN2O/c14-11-3-1-2-8-10(7-17)9-6-15-5-4-12(9)16-13(8)11/h1-3,9-10,12,15-17H,4-7H2. The van der Waals surface area contributed by atoms with Gasteiger partial charge >= 0.3 is 0 Å². The van der Waals surface area contributed by atoms with Crippen molar-refractivity contribution in [2.75, 3.05) is 25.0 Å². The summed E-state index contributed by atoms with van der Waals surface area (Å²) in [4.78, 5) is 0. The van der Waals surface area contributed by atoms with Crippen LogP contribution in [0.15, 0.2) is 18.2 Å². The summed E-state index contributed by atoms with van der Waals surface area (Å²) >= 11 is 6.24. The Kier molecular flexibility index (Phi) is 2.99. The summed E-state index contributed by atoms with van der Waals surface area (Å²) in [6, 6.07) is 6.37. The number of benzene rings is 1. The lowest BCUT2D eigenvalue weighted by molar-refractivity contribution is 0.189. The minimum atomic E-state index is 0.192. The molecule has 2 heterocycles. The molecule has 3 nitrogen and oxygen atoms in total. The highest BCUT2D eigenvalue weighted by atomic mass is 35.5. The smallest absolute Gasteiger partial charge is 0.0640 e. The maximum absolute atomic E-state index is 9.67. The van der Waals surface area contributed by atoms with E-state index in [0.29, 0.717) is 12.0 Å². The molecule has 1 aromatic carbocycles. The molecule has 0 spiro atoms. The van der Waals surface area contributed by atoms with Crippen molar-refractivity contribution in [1.82, 2.24) is 5.32 Å². The first-order valence-corrected chi connectivity index (χ1v) is 6.55. The third kappa shape index (κ3) is 1.82. The molecule has 2 aliphatic heterocycles. The summed E-state index contributed by atoms with van der Waals surface area (Å²) in [5.41, 5.74) is 2.18. The van der Waals surface area contributed by atoms with Crippen LogP contribution in [0.2, 0.25) is 5.02 Å². The zero-order valence-electron chi connectivity index (χ0n) is 9.62. The summed E-state index contributed by atoms with van der Waals surface area (Å²) in [7, 11) is 0. The van der Waals surface area contributed by atoms with E-state index in [1.54, 1.807) is 0 Å². The highest BCUT2D eigenvalue weighted by Gasteiger charge is 2.38. The molecule has 3 rings (SSSR count). The average Bonchev–Trinajstić information content (AvgIpc) is 2.37. The topological polar surface area (TPSA) is 44.3 Å². The van der Waals surface area contributed by atoms with Gasteiger partial charge in [0.15, 0.2) is 0 Å². The Morgan fingerprint density at radius 2 is 2.29 bits per heavy atom. The van der Waals surface area contributed by atoms with Crippen molar-refractivity contribution in [1.29, 1.82) is 0 Å². The summed E-state index contributed by atoms with van der Waals surface area (Å²) in [6.45, 7) is 2.19. The lowest BCUT2D eigenvalue weighted by Crippen LogP contribution is -2.49. The van der Waals surface area contributed by atoms with Crippen LogP contribution in [0.25, 0.3) is 0 Å². The number of rotatable bonds is 1. The van der Waals surface area contributed by atoms with E-state index < -0.39 is 0 Å². The predicted molar refractivity (Wildman–Crippen MR) is 69.7 cm³/mol. The number of fused-ring (bicyclic) bond motifs is 2. The van der Waals surface area contributed by atoms with Gasteiger partial charge in [-0.1, -0.05) is 23.7 Å². The largest absolute Gasteiger partial charge is 0.396 e. The van der Waals surface area contributed by atoms with Gasteiger partial charge in [-0.15, -0.1) is 0 Å². The highest BCUT2D eigenvalue weighted by molar-refractivity contribution is 6.33. The molecule has 1 fully saturated rings. The van der Waals surface area contributed by atoms with Gasteiger partial charge in [0.2, 0.25) is 0 Å². The number of piperidine rings is 1. The summed E-state index contributed by atoms with van der Waals surface area (Å²) in [5.74, 6) is 0.655. The van der Waals surface area contributed by atoms with Gasteiger partial charge in [0.1, 0.15) is 0 Å². The fourth-order valence-corrected chi connectivity index (χ4v) is 3.37. The molecule has 0 bridgehead atoms. The fourth-order valence-electron chi connectivity index (χ4n) is 3.14. The molecule has 1 aromatic rings. The highest BCUT2D eigenvalue weighted by Crippen LogP contribution is 2.42. The van der Waals surface area contributed by atoms with Crippen LogP contribution in [0.1, 0.15) is 17.9 Å². The van der Waals surface area contributed by atoms with E-state index >= 15 is 0 Å². The van der Waals surface area contributed by atoms with E-state index in [4.69, 9.17) is 11.6 Å². The number of nitrogens with one attached hydrogen (secondary N) is 2. The maximum atomic E-state index is 9.67. The fraction of sp³-hybridized carbons (Fsp3) is 0.538. The van der Waals surface area contributed by atoms with Gasteiger partial charge in [-0.25, -0.2) is 0 Å². The Labute approximate surface area is 106 Å². The van der Waals surface area contributed by atoms with Crippen LogP contribution in [-0.2, 0) is 0 Å². The van der Waals surface area contributed by atoms with Crippen LogP contribution < -0.4 is 10.6 Å². The van der Waals surface area contributed by atoms with Crippen LogP contribution in [0.3, 0.4) is 0 Å². The molecule has 1 saturated heterocycles. The van der Waals surface area contributed by atoms with Gasteiger partial charge in [-0.2, -0.15) is 0 Å². The zero-order chi connectivity index (χ0) is 11.8. The van der Waals surface area contributed by atoms with Crippen molar-refractivity contribution in [3.05, 3.63) is 28.8 Å². The number of aliphatic hydroxyl groups excluding tert-OH is 1. The Hall–Kier alpha value is -0.770. The molecule has 3 unspecified atom stereocenters. The first kappa shape index (κ1) is 11.3. The number of aliphatic hydroxyl groups is 1. The predicted octanol–water partition coefficient (Wildman–Crippen LogP) is 1.82.